The largest absolute Gasteiger partial charge is 0.494 e. The van der Waals surface area contributed by atoms with Gasteiger partial charge in [0.1, 0.15) is 5.75 Å². The average Bonchev–Trinajstić information content (AvgIpc) is 2.52. The van der Waals surface area contributed by atoms with Crippen LogP contribution in [0.15, 0.2) is 42.5 Å². The zero-order valence-electron chi connectivity index (χ0n) is 12.5. The zero-order valence-corrected chi connectivity index (χ0v) is 14.0. The van der Waals surface area contributed by atoms with Gasteiger partial charge in [0.15, 0.2) is 0 Å². The first-order valence-corrected chi connectivity index (χ1v) is 7.71. The number of nitrogens with one attached hydrogen (secondary N) is 1. The summed E-state index contributed by atoms with van der Waals surface area (Å²) in [6.07, 6.45) is 3.12. The lowest BCUT2D eigenvalue weighted by Crippen LogP contribution is -2.08. The first kappa shape index (κ1) is 17.2. The van der Waals surface area contributed by atoms with E-state index in [1.54, 1.807) is 18.2 Å². The maximum absolute atomic E-state index is 11.9. The molecule has 2 aromatic rings. The van der Waals surface area contributed by atoms with Crippen LogP contribution in [0, 0.1) is 0 Å². The highest BCUT2D eigenvalue weighted by molar-refractivity contribution is 6.39. The smallest absolute Gasteiger partial charge is 0.248 e. The van der Waals surface area contributed by atoms with Crippen molar-refractivity contribution in [1.82, 2.24) is 0 Å². The van der Waals surface area contributed by atoms with Crippen LogP contribution in [0.2, 0.25) is 10.0 Å². The zero-order chi connectivity index (χ0) is 16.8. The van der Waals surface area contributed by atoms with Crippen LogP contribution in [0.4, 0.5) is 11.4 Å². The molecule has 0 aliphatic rings. The summed E-state index contributed by atoms with van der Waals surface area (Å²) < 4.78 is 5.36. The third kappa shape index (κ3) is 4.91. The van der Waals surface area contributed by atoms with E-state index in [1.165, 1.54) is 6.08 Å². The molecule has 3 N–H and O–H groups in total. The molecule has 0 aliphatic heterocycles. The Morgan fingerprint density at radius 1 is 1.22 bits per heavy atom. The summed E-state index contributed by atoms with van der Waals surface area (Å²) in [5, 5.41) is 3.27. The second kappa shape index (κ2) is 7.90. The molecular weight excluding hydrogens is 335 g/mol. The average molecular weight is 351 g/mol. The van der Waals surface area contributed by atoms with Crippen LogP contribution in [-0.2, 0) is 4.79 Å². The Morgan fingerprint density at radius 3 is 2.39 bits per heavy atom. The molecule has 23 heavy (non-hydrogen) atoms. The summed E-state index contributed by atoms with van der Waals surface area (Å²) in [6.45, 7) is 2.54. The second-order valence-corrected chi connectivity index (χ2v) is 5.49. The third-order valence-corrected chi connectivity index (χ3v) is 3.59. The summed E-state index contributed by atoms with van der Waals surface area (Å²) in [6, 6.07) is 10.5. The van der Waals surface area contributed by atoms with Crippen molar-refractivity contribution >= 4 is 46.6 Å². The molecule has 0 atom stereocenters. The van der Waals surface area contributed by atoms with Gasteiger partial charge in [-0.25, -0.2) is 0 Å². The molecule has 0 saturated carbocycles. The Kier molecular flexibility index (Phi) is 5.90. The van der Waals surface area contributed by atoms with Gasteiger partial charge in [-0.3, -0.25) is 4.79 Å². The number of ether oxygens (including phenoxy) is 1. The highest BCUT2D eigenvalue weighted by Crippen LogP contribution is 2.31. The molecular formula is C17H16Cl2N2O2. The van der Waals surface area contributed by atoms with Crippen LogP contribution in [-0.4, -0.2) is 12.5 Å². The molecule has 0 unspecified atom stereocenters. The molecule has 120 valence electrons. The molecule has 0 heterocycles. The van der Waals surface area contributed by atoms with Gasteiger partial charge in [-0.15, -0.1) is 0 Å². The molecule has 1 amide bonds. The predicted octanol–water partition coefficient (Wildman–Crippen LogP) is 4.63. The van der Waals surface area contributed by atoms with Crippen LogP contribution in [0.5, 0.6) is 5.75 Å². The minimum atomic E-state index is -0.296. The number of carbonyl (C=O) groups excluding carboxylic acids is 1. The van der Waals surface area contributed by atoms with Crippen LogP contribution >= 0.6 is 23.2 Å². The SMILES string of the molecule is CCOc1ccc(/C=C/C(=O)Nc2cc(Cl)c(N)c(Cl)c2)cc1. The number of carbonyl (C=O) groups is 1. The summed E-state index contributed by atoms with van der Waals surface area (Å²) in [4.78, 5) is 11.9. The second-order valence-electron chi connectivity index (χ2n) is 4.68. The number of hydrogen-bond donors (Lipinski definition) is 2. The number of hydrogen-bond acceptors (Lipinski definition) is 3. The fraction of sp³-hybridized carbons (Fsp3) is 0.118. The molecule has 4 nitrogen and oxygen atoms in total. The minimum absolute atomic E-state index is 0.288. The van der Waals surface area contributed by atoms with Gasteiger partial charge in [-0.1, -0.05) is 35.3 Å². The quantitative estimate of drug-likeness (QED) is 0.610. The van der Waals surface area contributed by atoms with Gasteiger partial charge >= 0.3 is 0 Å². The first-order chi connectivity index (χ1) is 11.0. The lowest BCUT2D eigenvalue weighted by atomic mass is 10.2. The van der Waals surface area contributed by atoms with Gasteiger partial charge in [-0.2, -0.15) is 0 Å². The van der Waals surface area contributed by atoms with E-state index >= 15 is 0 Å². The van der Waals surface area contributed by atoms with Crippen molar-refractivity contribution in [3.8, 4) is 5.75 Å². The molecule has 0 saturated heterocycles. The fourth-order valence-corrected chi connectivity index (χ4v) is 2.34. The van der Waals surface area contributed by atoms with Gasteiger partial charge in [0.2, 0.25) is 5.91 Å². The van der Waals surface area contributed by atoms with Crippen LogP contribution in [0.3, 0.4) is 0 Å². The number of nitrogens with two attached hydrogens (primary N) is 1. The van der Waals surface area contributed by atoms with Crippen molar-refractivity contribution in [1.29, 1.82) is 0 Å². The Labute approximate surface area is 144 Å². The standard InChI is InChI=1S/C17H16Cl2N2O2/c1-2-23-13-6-3-11(4-7-13)5-8-16(22)21-12-9-14(18)17(20)15(19)10-12/h3-10H,2,20H2,1H3,(H,21,22)/b8-5+. The number of benzene rings is 2. The number of rotatable bonds is 5. The van der Waals surface area contributed by atoms with Crippen molar-refractivity contribution < 1.29 is 9.53 Å². The molecule has 0 fully saturated rings. The van der Waals surface area contributed by atoms with Crippen LogP contribution in [0.1, 0.15) is 12.5 Å². The fourth-order valence-electron chi connectivity index (χ4n) is 1.85. The molecule has 0 bridgehead atoms. The lowest BCUT2D eigenvalue weighted by molar-refractivity contribution is -0.111. The number of anilines is 2. The summed E-state index contributed by atoms with van der Waals surface area (Å²) in [5.41, 5.74) is 7.31. The van der Waals surface area contributed by atoms with Crippen molar-refractivity contribution in [2.24, 2.45) is 0 Å². The predicted molar refractivity (Wildman–Crippen MR) is 96.1 cm³/mol. The van der Waals surface area contributed by atoms with Crippen molar-refractivity contribution in [2.45, 2.75) is 6.92 Å². The van der Waals surface area contributed by atoms with Crippen LogP contribution < -0.4 is 15.8 Å². The molecule has 2 aromatic carbocycles. The van der Waals surface area contributed by atoms with Crippen molar-refractivity contribution in [2.75, 3.05) is 17.7 Å². The van der Waals surface area contributed by atoms with E-state index in [2.05, 4.69) is 5.32 Å². The first-order valence-electron chi connectivity index (χ1n) is 6.96. The third-order valence-electron chi connectivity index (χ3n) is 2.96. The minimum Gasteiger partial charge on any atom is -0.494 e. The maximum atomic E-state index is 11.9. The van der Waals surface area contributed by atoms with Crippen molar-refractivity contribution in [3.63, 3.8) is 0 Å². The monoisotopic (exact) mass is 350 g/mol. The van der Waals surface area contributed by atoms with Gasteiger partial charge in [0.05, 0.1) is 22.3 Å². The van der Waals surface area contributed by atoms with E-state index in [-0.39, 0.29) is 11.6 Å². The summed E-state index contributed by atoms with van der Waals surface area (Å²) >= 11 is 11.9. The summed E-state index contributed by atoms with van der Waals surface area (Å²) in [5.74, 6) is 0.496. The molecule has 0 aromatic heterocycles. The topological polar surface area (TPSA) is 64.3 Å². The highest BCUT2D eigenvalue weighted by Gasteiger charge is 2.06. The van der Waals surface area contributed by atoms with E-state index in [1.807, 2.05) is 31.2 Å². The van der Waals surface area contributed by atoms with Crippen LogP contribution in [0.25, 0.3) is 6.08 Å². The number of halogens is 2. The summed E-state index contributed by atoms with van der Waals surface area (Å²) in [7, 11) is 0. The van der Waals surface area contributed by atoms with E-state index in [4.69, 9.17) is 33.7 Å². The Morgan fingerprint density at radius 2 is 1.83 bits per heavy atom. The van der Waals surface area contributed by atoms with Gasteiger partial charge in [-0.05, 0) is 42.8 Å². The molecule has 6 heteroatoms. The molecule has 0 spiro atoms. The Balaban J connectivity index is 2.01. The van der Waals surface area contributed by atoms with E-state index in [0.29, 0.717) is 22.3 Å². The Bertz CT molecular complexity index is 705. The van der Waals surface area contributed by atoms with E-state index in [0.717, 1.165) is 11.3 Å². The van der Waals surface area contributed by atoms with E-state index < -0.39 is 0 Å². The lowest BCUT2D eigenvalue weighted by Gasteiger charge is -2.06. The van der Waals surface area contributed by atoms with Gasteiger partial charge < -0.3 is 15.8 Å². The molecule has 2 rings (SSSR count). The normalized spacial score (nSPS) is 10.7. The number of amides is 1. The van der Waals surface area contributed by atoms with E-state index in [9.17, 15) is 4.79 Å². The van der Waals surface area contributed by atoms with Crippen molar-refractivity contribution in [3.05, 3.63) is 58.1 Å². The molecule has 0 radical (unpaired) electrons. The number of nitrogen functional groups attached to an aromatic ring is 1. The maximum Gasteiger partial charge on any atom is 0.248 e. The highest BCUT2D eigenvalue weighted by atomic mass is 35.5. The van der Waals surface area contributed by atoms with Gasteiger partial charge in [0.25, 0.3) is 0 Å². The Hall–Kier alpha value is -2.17. The van der Waals surface area contributed by atoms with Gasteiger partial charge in [0, 0.05) is 11.8 Å². The molecule has 0 aliphatic carbocycles.